The van der Waals surface area contributed by atoms with Crippen molar-refractivity contribution < 1.29 is 0 Å². The number of hydrogen-bond donors (Lipinski definition) is 1. The van der Waals surface area contributed by atoms with Crippen LogP contribution in [-0.2, 0) is 0 Å². The Morgan fingerprint density at radius 3 is 2.63 bits per heavy atom. The standard InChI is InChI=1S/C15H18N4/c1-9(2)12-5-6-13-14(16-8-19(13)7-12)15-17-10(3)11(4)18-15/h5-9H,1-4H3,(H,17,18). The van der Waals surface area contributed by atoms with Gasteiger partial charge in [0.25, 0.3) is 0 Å². The zero-order chi connectivity index (χ0) is 13.6. The molecule has 0 spiro atoms. The number of rotatable bonds is 2. The van der Waals surface area contributed by atoms with Gasteiger partial charge in [-0.2, -0.15) is 0 Å². The largest absolute Gasteiger partial charge is 0.340 e. The Morgan fingerprint density at radius 1 is 1.21 bits per heavy atom. The summed E-state index contributed by atoms with van der Waals surface area (Å²) in [5.74, 6) is 1.36. The monoisotopic (exact) mass is 254 g/mol. The molecule has 0 radical (unpaired) electrons. The summed E-state index contributed by atoms with van der Waals surface area (Å²) < 4.78 is 2.07. The highest BCUT2D eigenvalue weighted by molar-refractivity contribution is 5.73. The molecular weight excluding hydrogens is 236 g/mol. The Kier molecular flexibility index (Phi) is 2.66. The highest BCUT2D eigenvalue weighted by Crippen LogP contribution is 2.23. The number of nitrogens with zero attached hydrogens (tertiary/aromatic N) is 3. The fraction of sp³-hybridized carbons (Fsp3) is 0.333. The number of aromatic amines is 1. The van der Waals surface area contributed by atoms with Gasteiger partial charge in [0.2, 0.25) is 0 Å². The van der Waals surface area contributed by atoms with Gasteiger partial charge in [-0.3, -0.25) is 0 Å². The number of aromatic nitrogens is 4. The van der Waals surface area contributed by atoms with E-state index >= 15 is 0 Å². The summed E-state index contributed by atoms with van der Waals surface area (Å²) in [6.45, 7) is 8.42. The van der Waals surface area contributed by atoms with Crippen LogP contribution in [0.3, 0.4) is 0 Å². The van der Waals surface area contributed by atoms with Gasteiger partial charge in [0.1, 0.15) is 12.0 Å². The van der Waals surface area contributed by atoms with E-state index in [1.807, 2.05) is 20.2 Å². The lowest BCUT2D eigenvalue weighted by Crippen LogP contribution is -1.91. The number of nitrogens with one attached hydrogen (secondary N) is 1. The average Bonchev–Trinajstić information content (AvgIpc) is 2.93. The van der Waals surface area contributed by atoms with Crippen LogP contribution in [0, 0.1) is 13.8 Å². The van der Waals surface area contributed by atoms with E-state index in [1.165, 1.54) is 5.56 Å². The fourth-order valence-electron chi connectivity index (χ4n) is 2.20. The van der Waals surface area contributed by atoms with Gasteiger partial charge in [0.15, 0.2) is 5.82 Å². The van der Waals surface area contributed by atoms with E-state index < -0.39 is 0 Å². The second-order valence-corrected chi connectivity index (χ2v) is 5.30. The summed E-state index contributed by atoms with van der Waals surface area (Å²) in [5.41, 5.74) is 5.41. The lowest BCUT2D eigenvalue weighted by molar-refractivity contribution is 0.853. The van der Waals surface area contributed by atoms with Gasteiger partial charge < -0.3 is 9.38 Å². The van der Waals surface area contributed by atoms with Crippen molar-refractivity contribution in [1.82, 2.24) is 19.4 Å². The van der Waals surface area contributed by atoms with E-state index in [2.05, 4.69) is 51.5 Å². The topological polar surface area (TPSA) is 46.0 Å². The van der Waals surface area contributed by atoms with Crippen LogP contribution >= 0.6 is 0 Å². The molecule has 0 saturated heterocycles. The van der Waals surface area contributed by atoms with Gasteiger partial charge in [-0.25, -0.2) is 9.97 Å². The van der Waals surface area contributed by atoms with Crippen molar-refractivity contribution in [3.8, 4) is 11.5 Å². The van der Waals surface area contributed by atoms with Crippen LogP contribution in [0.15, 0.2) is 24.7 Å². The van der Waals surface area contributed by atoms with Crippen LogP contribution in [0.2, 0.25) is 0 Å². The first-order valence-corrected chi connectivity index (χ1v) is 6.56. The Balaban J connectivity index is 2.15. The van der Waals surface area contributed by atoms with Crippen LogP contribution in [0.25, 0.3) is 17.0 Å². The second kappa shape index (κ2) is 4.23. The number of imidazole rings is 2. The van der Waals surface area contributed by atoms with Crippen LogP contribution in [-0.4, -0.2) is 19.4 Å². The normalized spacial score (nSPS) is 11.6. The molecule has 4 nitrogen and oxygen atoms in total. The van der Waals surface area contributed by atoms with Crippen molar-refractivity contribution in [3.05, 3.63) is 41.6 Å². The number of pyridine rings is 1. The summed E-state index contributed by atoms with van der Waals surface area (Å²) >= 11 is 0. The van der Waals surface area contributed by atoms with Gasteiger partial charge >= 0.3 is 0 Å². The quantitative estimate of drug-likeness (QED) is 0.761. The first-order chi connectivity index (χ1) is 9.06. The van der Waals surface area contributed by atoms with Crippen molar-refractivity contribution >= 4 is 5.52 Å². The molecule has 1 N–H and O–H groups in total. The third kappa shape index (κ3) is 1.93. The fourth-order valence-corrected chi connectivity index (χ4v) is 2.20. The average molecular weight is 254 g/mol. The molecule has 0 amide bonds. The van der Waals surface area contributed by atoms with Gasteiger partial charge in [-0.05, 0) is 31.4 Å². The van der Waals surface area contributed by atoms with Crippen LogP contribution in [0.1, 0.15) is 36.7 Å². The minimum atomic E-state index is 0.517. The molecule has 3 rings (SSSR count). The summed E-state index contributed by atoms with van der Waals surface area (Å²) in [7, 11) is 0. The molecule has 0 aliphatic rings. The first kappa shape index (κ1) is 12.0. The van der Waals surface area contributed by atoms with E-state index in [1.54, 1.807) is 0 Å². The molecule has 0 atom stereocenters. The van der Waals surface area contributed by atoms with Gasteiger partial charge in [-0.1, -0.05) is 19.9 Å². The molecule has 3 aromatic rings. The first-order valence-electron chi connectivity index (χ1n) is 6.56. The molecule has 3 aromatic heterocycles. The van der Waals surface area contributed by atoms with Crippen molar-refractivity contribution in [2.24, 2.45) is 0 Å². The lowest BCUT2D eigenvalue weighted by atomic mass is 10.1. The zero-order valence-electron chi connectivity index (χ0n) is 11.7. The number of aryl methyl sites for hydroxylation is 2. The zero-order valence-corrected chi connectivity index (χ0v) is 11.7. The molecule has 3 heterocycles. The van der Waals surface area contributed by atoms with Crippen molar-refractivity contribution in [2.75, 3.05) is 0 Å². The Bertz CT molecular complexity index is 714. The van der Waals surface area contributed by atoms with E-state index in [0.29, 0.717) is 5.92 Å². The summed E-state index contributed by atoms with van der Waals surface area (Å²) in [4.78, 5) is 12.3. The number of hydrogen-bond acceptors (Lipinski definition) is 2. The third-order valence-electron chi connectivity index (χ3n) is 3.57. The van der Waals surface area contributed by atoms with Gasteiger partial charge in [0.05, 0.1) is 11.2 Å². The maximum atomic E-state index is 4.53. The lowest BCUT2D eigenvalue weighted by Gasteiger charge is -2.05. The smallest absolute Gasteiger partial charge is 0.158 e. The van der Waals surface area contributed by atoms with Gasteiger partial charge in [0, 0.05) is 11.9 Å². The van der Waals surface area contributed by atoms with E-state index in [0.717, 1.165) is 28.4 Å². The molecule has 19 heavy (non-hydrogen) atoms. The predicted molar refractivity (Wildman–Crippen MR) is 76.3 cm³/mol. The minimum absolute atomic E-state index is 0.517. The molecule has 0 fully saturated rings. The summed E-state index contributed by atoms with van der Waals surface area (Å²) in [6.07, 6.45) is 3.99. The minimum Gasteiger partial charge on any atom is -0.340 e. The molecule has 0 aliphatic carbocycles. The molecule has 0 saturated carbocycles. The van der Waals surface area contributed by atoms with E-state index in [4.69, 9.17) is 0 Å². The number of fused-ring (bicyclic) bond motifs is 1. The maximum Gasteiger partial charge on any atom is 0.158 e. The Hall–Kier alpha value is -2.10. The molecule has 0 aliphatic heterocycles. The Morgan fingerprint density at radius 2 is 2.00 bits per heavy atom. The molecule has 0 unspecified atom stereocenters. The van der Waals surface area contributed by atoms with Gasteiger partial charge in [-0.15, -0.1) is 0 Å². The van der Waals surface area contributed by atoms with Crippen molar-refractivity contribution in [1.29, 1.82) is 0 Å². The molecule has 0 aromatic carbocycles. The molecule has 98 valence electrons. The second-order valence-electron chi connectivity index (χ2n) is 5.30. The molecule has 4 heteroatoms. The van der Waals surface area contributed by atoms with Crippen LogP contribution < -0.4 is 0 Å². The summed E-state index contributed by atoms with van der Waals surface area (Å²) in [6, 6.07) is 4.28. The maximum absolute atomic E-state index is 4.53. The highest BCUT2D eigenvalue weighted by atomic mass is 15.0. The van der Waals surface area contributed by atoms with Crippen LogP contribution in [0.5, 0.6) is 0 Å². The third-order valence-corrected chi connectivity index (χ3v) is 3.57. The molecular formula is C15H18N4. The van der Waals surface area contributed by atoms with Crippen molar-refractivity contribution in [3.63, 3.8) is 0 Å². The SMILES string of the molecule is Cc1nc(-c2ncn3cc(C(C)C)ccc23)[nH]c1C. The van der Waals surface area contributed by atoms with Crippen LogP contribution in [0.4, 0.5) is 0 Å². The summed E-state index contributed by atoms with van der Waals surface area (Å²) in [5, 5.41) is 0. The Labute approximate surface area is 112 Å². The number of H-pyrrole nitrogens is 1. The van der Waals surface area contributed by atoms with E-state index in [-0.39, 0.29) is 0 Å². The van der Waals surface area contributed by atoms with E-state index in [9.17, 15) is 0 Å². The molecule has 0 bridgehead atoms. The highest BCUT2D eigenvalue weighted by Gasteiger charge is 2.12. The predicted octanol–water partition coefficient (Wildman–Crippen LogP) is 3.46. The van der Waals surface area contributed by atoms with Crippen molar-refractivity contribution in [2.45, 2.75) is 33.6 Å².